The third kappa shape index (κ3) is 4.01. The number of nitrogens with one attached hydrogen (secondary N) is 2. The Kier molecular flexibility index (Phi) is 5.69. The first-order valence-corrected chi connectivity index (χ1v) is 10.7. The average molecular weight is 444 g/mol. The molecule has 2 aromatic rings. The van der Waals surface area contributed by atoms with Gasteiger partial charge in [0.15, 0.2) is 0 Å². The van der Waals surface area contributed by atoms with Crippen molar-refractivity contribution in [3.63, 3.8) is 0 Å². The molecule has 0 aliphatic carbocycles. The number of hydrogen-bond donors (Lipinski definition) is 2. The van der Waals surface area contributed by atoms with E-state index in [1.54, 1.807) is 36.0 Å². The van der Waals surface area contributed by atoms with Crippen molar-refractivity contribution >= 4 is 47.0 Å². The van der Waals surface area contributed by atoms with E-state index in [4.69, 9.17) is 16.3 Å². The van der Waals surface area contributed by atoms with Crippen LogP contribution in [0.25, 0.3) is 0 Å². The fourth-order valence-corrected chi connectivity index (χ4v) is 4.03. The first kappa shape index (κ1) is 20.3. The minimum Gasteiger partial charge on any atom is -0.456 e. The average Bonchev–Trinajstić information content (AvgIpc) is 3.11. The Labute approximate surface area is 182 Å². The lowest BCUT2D eigenvalue weighted by molar-refractivity contribution is -0.136. The lowest BCUT2D eigenvalue weighted by atomic mass is 9.96. The molecular weight excluding hydrogens is 426 g/mol. The van der Waals surface area contributed by atoms with Crippen molar-refractivity contribution in [3.8, 4) is 0 Å². The molecule has 0 saturated heterocycles. The molecule has 0 bridgehead atoms. The second-order valence-corrected chi connectivity index (χ2v) is 8.05. The van der Waals surface area contributed by atoms with Gasteiger partial charge in [0.1, 0.15) is 13.2 Å². The Morgan fingerprint density at radius 1 is 1.27 bits per heavy atom. The fraction of sp³-hybridized carbons (Fsp3) is 0.190. The van der Waals surface area contributed by atoms with Crippen molar-refractivity contribution in [2.24, 2.45) is 0 Å². The molecule has 0 aromatic heterocycles. The predicted octanol–water partition coefficient (Wildman–Crippen LogP) is 3.58. The van der Waals surface area contributed by atoms with E-state index in [1.165, 1.54) is 4.90 Å². The summed E-state index contributed by atoms with van der Waals surface area (Å²) in [6.07, 6.45) is 1.97. The Balaban J connectivity index is 1.58. The van der Waals surface area contributed by atoms with E-state index in [0.29, 0.717) is 22.0 Å². The maximum atomic E-state index is 12.8. The smallest absolute Gasteiger partial charge is 0.338 e. The summed E-state index contributed by atoms with van der Waals surface area (Å²) in [5.74, 6) is -0.911. The van der Waals surface area contributed by atoms with E-state index in [-0.39, 0.29) is 13.2 Å². The number of thioether (sulfide) groups is 1. The summed E-state index contributed by atoms with van der Waals surface area (Å²) >= 11 is 7.54. The van der Waals surface area contributed by atoms with E-state index in [9.17, 15) is 14.4 Å². The molecule has 1 atom stereocenters. The number of benzene rings is 2. The molecule has 2 aliphatic rings. The highest BCUT2D eigenvalue weighted by molar-refractivity contribution is 7.98. The summed E-state index contributed by atoms with van der Waals surface area (Å²) in [6.45, 7) is -0.308. The number of esters is 1. The van der Waals surface area contributed by atoms with Gasteiger partial charge in [-0.05, 0) is 42.2 Å². The number of hydrogen-bond acceptors (Lipinski definition) is 5. The Hall–Kier alpha value is -2.97. The SMILES string of the molecule is CSc1ccc([C@@H]2NC(=O)N(CC(=O)Nc3cccc(Cl)c3)C3=C2C(=O)OC3)cc1. The zero-order chi connectivity index (χ0) is 21.3. The molecule has 4 rings (SSSR count). The van der Waals surface area contributed by atoms with Crippen LogP contribution in [0.5, 0.6) is 0 Å². The zero-order valence-electron chi connectivity index (χ0n) is 16.0. The standard InChI is InChI=1S/C21H18ClN3O4S/c1-30-15-7-5-12(6-8-15)19-18-16(11-29-20(18)27)25(21(28)24-19)10-17(26)23-14-4-2-3-13(22)9-14/h2-9,19H,10-11H2,1H3,(H,23,26)(H,24,28)/t19-/m0/s1. The normalized spacial score (nSPS) is 18.1. The van der Waals surface area contributed by atoms with Crippen LogP contribution < -0.4 is 10.6 Å². The number of nitrogens with zero attached hydrogens (tertiary/aromatic N) is 1. The molecule has 2 aromatic carbocycles. The van der Waals surface area contributed by atoms with Crippen LogP contribution in [0, 0.1) is 0 Å². The van der Waals surface area contributed by atoms with E-state index >= 15 is 0 Å². The summed E-state index contributed by atoms with van der Waals surface area (Å²) in [5.41, 5.74) is 2.05. The second-order valence-electron chi connectivity index (χ2n) is 6.74. The van der Waals surface area contributed by atoms with Crippen LogP contribution in [-0.4, -0.2) is 42.2 Å². The lowest BCUT2D eigenvalue weighted by Gasteiger charge is -2.32. The summed E-state index contributed by atoms with van der Waals surface area (Å²) in [4.78, 5) is 40.0. The molecule has 0 spiro atoms. The number of cyclic esters (lactones) is 1. The molecule has 2 heterocycles. The topological polar surface area (TPSA) is 87.7 Å². The number of halogens is 1. The van der Waals surface area contributed by atoms with Gasteiger partial charge in [-0.15, -0.1) is 11.8 Å². The zero-order valence-corrected chi connectivity index (χ0v) is 17.5. The molecule has 30 heavy (non-hydrogen) atoms. The number of carbonyl (C=O) groups is 3. The maximum Gasteiger partial charge on any atom is 0.338 e. The third-order valence-electron chi connectivity index (χ3n) is 4.86. The van der Waals surface area contributed by atoms with Crippen molar-refractivity contribution in [2.75, 3.05) is 24.7 Å². The lowest BCUT2D eigenvalue weighted by Crippen LogP contribution is -2.49. The van der Waals surface area contributed by atoms with E-state index in [2.05, 4.69) is 10.6 Å². The van der Waals surface area contributed by atoms with E-state index < -0.39 is 23.9 Å². The first-order valence-electron chi connectivity index (χ1n) is 9.14. The first-order chi connectivity index (χ1) is 14.5. The number of urea groups is 1. The number of anilines is 1. The van der Waals surface area contributed by atoms with Gasteiger partial charge in [-0.25, -0.2) is 9.59 Å². The van der Waals surface area contributed by atoms with Gasteiger partial charge in [0.25, 0.3) is 0 Å². The van der Waals surface area contributed by atoms with Crippen LogP contribution >= 0.6 is 23.4 Å². The fourth-order valence-electron chi connectivity index (χ4n) is 3.44. The molecule has 9 heteroatoms. The molecule has 0 radical (unpaired) electrons. The molecule has 2 aliphatic heterocycles. The van der Waals surface area contributed by atoms with Crippen molar-refractivity contribution in [3.05, 3.63) is 70.4 Å². The van der Waals surface area contributed by atoms with Gasteiger partial charge in [-0.1, -0.05) is 29.8 Å². The molecule has 2 N–H and O–H groups in total. The van der Waals surface area contributed by atoms with Gasteiger partial charge in [0.2, 0.25) is 5.91 Å². The van der Waals surface area contributed by atoms with Crippen LogP contribution in [0.2, 0.25) is 5.02 Å². The van der Waals surface area contributed by atoms with Crippen LogP contribution in [-0.2, 0) is 14.3 Å². The van der Waals surface area contributed by atoms with E-state index in [1.807, 2.05) is 30.5 Å². The molecule has 3 amide bonds. The third-order valence-corrected chi connectivity index (χ3v) is 5.84. The summed E-state index contributed by atoms with van der Waals surface area (Å²) < 4.78 is 5.19. The Morgan fingerprint density at radius 2 is 2.03 bits per heavy atom. The maximum absolute atomic E-state index is 12.8. The molecule has 0 unspecified atom stereocenters. The number of carbonyl (C=O) groups excluding carboxylic acids is 3. The van der Waals surface area contributed by atoms with Crippen molar-refractivity contribution in [1.82, 2.24) is 10.2 Å². The van der Waals surface area contributed by atoms with Gasteiger partial charge in [0.05, 0.1) is 17.3 Å². The predicted molar refractivity (Wildman–Crippen MR) is 114 cm³/mol. The van der Waals surface area contributed by atoms with Crippen LogP contribution in [0.4, 0.5) is 10.5 Å². The van der Waals surface area contributed by atoms with Crippen molar-refractivity contribution in [2.45, 2.75) is 10.9 Å². The van der Waals surface area contributed by atoms with Crippen LogP contribution in [0.15, 0.2) is 64.7 Å². The van der Waals surface area contributed by atoms with Crippen LogP contribution in [0.1, 0.15) is 11.6 Å². The second kappa shape index (κ2) is 8.41. The Morgan fingerprint density at radius 3 is 2.73 bits per heavy atom. The number of amides is 3. The van der Waals surface area contributed by atoms with Gasteiger partial charge in [-0.2, -0.15) is 0 Å². The summed E-state index contributed by atoms with van der Waals surface area (Å²) in [7, 11) is 0. The van der Waals surface area contributed by atoms with Crippen molar-refractivity contribution in [1.29, 1.82) is 0 Å². The largest absolute Gasteiger partial charge is 0.456 e. The quantitative estimate of drug-likeness (QED) is 0.544. The van der Waals surface area contributed by atoms with Gasteiger partial charge < -0.3 is 15.4 Å². The molecular formula is C21H18ClN3O4S. The number of rotatable bonds is 5. The van der Waals surface area contributed by atoms with Crippen molar-refractivity contribution < 1.29 is 19.1 Å². The molecule has 0 fully saturated rings. The number of ether oxygens (including phenoxy) is 1. The highest BCUT2D eigenvalue weighted by Gasteiger charge is 2.42. The van der Waals surface area contributed by atoms with E-state index in [0.717, 1.165) is 10.5 Å². The minimum absolute atomic E-state index is 0.0502. The summed E-state index contributed by atoms with van der Waals surface area (Å²) in [6, 6.07) is 13.2. The van der Waals surface area contributed by atoms with Gasteiger partial charge in [0, 0.05) is 15.6 Å². The minimum atomic E-state index is -0.620. The highest BCUT2D eigenvalue weighted by Crippen LogP contribution is 2.35. The van der Waals surface area contributed by atoms with Gasteiger partial charge >= 0.3 is 12.0 Å². The Bertz CT molecular complexity index is 1050. The summed E-state index contributed by atoms with van der Waals surface area (Å²) in [5, 5.41) is 6.01. The molecule has 154 valence electrons. The molecule has 7 nitrogen and oxygen atoms in total. The van der Waals surface area contributed by atoms with Crippen LogP contribution in [0.3, 0.4) is 0 Å². The molecule has 0 saturated carbocycles. The van der Waals surface area contributed by atoms with Gasteiger partial charge in [-0.3, -0.25) is 9.69 Å². The highest BCUT2D eigenvalue weighted by atomic mass is 35.5. The monoisotopic (exact) mass is 443 g/mol.